The Balaban J connectivity index is 1.32. The number of aromatic nitrogens is 3. The minimum atomic E-state index is 0.699. The molecule has 0 N–H and O–H groups in total. The number of nitrogens with zero attached hydrogens (tertiary/aromatic N) is 6. The van der Waals surface area contributed by atoms with Crippen molar-refractivity contribution in [2.75, 3.05) is 47.4 Å². The normalized spacial score (nSPS) is 16.3. The quantitative estimate of drug-likeness (QED) is 0.687. The SMILES string of the molecule is Cc1cccc(N2CCN(c3cnnc(N4CCc5ccccc54)n3)CC2)c1C. The smallest absolute Gasteiger partial charge is 0.251 e. The van der Waals surface area contributed by atoms with Crippen LogP contribution in [0.3, 0.4) is 0 Å². The number of hydrogen-bond acceptors (Lipinski definition) is 6. The lowest BCUT2D eigenvalue weighted by Gasteiger charge is -2.37. The minimum absolute atomic E-state index is 0.699. The lowest BCUT2D eigenvalue weighted by atomic mass is 10.1. The maximum absolute atomic E-state index is 4.87. The Morgan fingerprint density at radius 3 is 2.41 bits per heavy atom. The van der Waals surface area contributed by atoms with E-state index in [4.69, 9.17) is 4.98 Å². The molecule has 3 heterocycles. The molecule has 1 fully saturated rings. The summed E-state index contributed by atoms with van der Waals surface area (Å²) in [6, 6.07) is 15.0. The van der Waals surface area contributed by atoms with Gasteiger partial charge in [0.05, 0.1) is 6.20 Å². The van der Waals surface area contributed by atoms with Crippen molar-refractivity contribution in [2.24, 2.45) is 0 Å². The number of piperazine rings is 1. The van der Waals surface area contributed by atoms with Crippen molar-refractivity contribution in [1.82, 2.24) is 15.2 Å². The number of para-hydroxylation sites is 1. The summed E-state index contributed by atoms with van der Waals surface area (Å²) in [5.74, 6) is 1.62. The van der Waals surface area contributed by atoms with Gasteiger partial charge in [-0.3, -0.25) is 0 Å². The third-order valence-corrected chi connectivity index (χ3v) is 6.18. The summed E-state index contributed by atoms with van der Waals surface area (Å²) in [7, 11) is 0. The van der Waals surface area contributed by atoms with Crippen molar-refractivity contribution in [1.29, 1.82) is 0 Å². The number of anilines is 4. The van der Waals surface area contributed by atoms with E-state index in [2.05, 4.69) is 81.2 Å². The van der Waals surface area contributed by atoms with Gasteiger partial charge in [0.1, 0.15) is 0 Å². The predicted molar refractivity (Wildman–Crippen MR) is 117 cm³/mol. The first-order valence-electron chi connectivity index (χ1n) is 10.3. The monoisotopic (exact) mass is 386 g/mol. The Morgan fingerprint density at radius 1 is 0.793 bits per heavy atom. The molecule has 0 bridgehead atoms. The van der Waals surface area contributed by atoms with E-state index in [1.165, 1.54) is 28.1 Å². The molecule has 6 heteroatoms. The zero-order valence-corrected chi connectivity index (χ0v) is 17.0. The molecule has 2 aliphatic rings. The molecule has 0 unspecified atom stereocenters. The van der Waals surface area contributed by atoms with Crippen LogP contribution in [0.4, 0.5) is 23.1 Å². The molecule has 29 heavy (non-hydrogen) atoms. The molecule has 2 aliphatic heterocycles. The second-order valence-electron chi connectivity index (χ2n) is 7.84. The second kappa shape index (κ2) is 7.35. The average Bonchev–Trinajstić information content (AvgIpc) is 3.20. The molecule has 0 saturated carbocycles. The summed E-state index contributed by atoms with van der Waals surface area (Å²) in [5, 5.41) is 8.60. The van der Waals surface area contributed by atoms with Crippen LogP contribution in [0.15, 0.2) is 48.7 Å². The summed E-state index contributed by atoms with van der Waals surface area (Å²) >= 11 is 0. The molecule has 3 aromatic rings. The van der Waals surface area contributed by atoms with Crippen LogP contribution in [0.1, 0.15) is 16.7 Å². The topological polar surface area (TPSA) is 48.4 Å². The first-order valence-corrected chi connectivity index (χ1v) is 10.3. The van der Waals surface area contributed by atoms with Gasteiger partial charge in [-0.1, -0.05) is 30.3 Å². The molecule has 0 amide bonds. The first-order chi connectivity index (χ1) is 14.2. The molecule has 148 valence electrons. The Kier molecular flexibility index (Phi) is 4.54. The van der Waals surface area contributed by atoms with Gasteiger partial charge in [0, 0.05) is 44.1 Å². The number of fused-ring (bicyclic) bond motifs is 1. The first kappa shape index (κ1) is 17.9. The lowest BCUT2D eigenvalue weighted by molar-refractivity contribution is 0.642. The second-order valence-corrected chi connectivity index (χ2v) is 7.84. The maximum Gasteiger partial charge on any atom is 0.251 e. The molecule has 1 saturated heterocycles. The van der Waals surface area contributed by atoms with Crippen LogP contribution in [-0.4, -0.2) is 47.9 Å². The number of rotatable bonds is 3. The molecule has 0 radical (unpaired) electrons. The third kappa shape index (κ3) is 3.28. The Bertz CT molecular complexity index is 1030. The summed E-state index contributed by atoms with van der Waals surface area (Å²) < 4.78 is 0. The molecule has 0 atom stereocenters. The number of aryl methyl sites for hydroxylation is 1. The highest BCUT2D eigenvalue weighted by molar-refractivity contribution is 5.66. The van der Waals surface area contributed by atoms with Crippen molar-refractivity contribution in [3.63, 3.8) is 0 Å². The van der Waals surface area contributed by atoms with Crippen LogP contribution < -0.4 is 14.7 Å². The fraction of sp³-hybridized carbons (Fsp3) is 0.348. The largest absolute Gasteiger partial charge is 0.368 e. The van der Waals surface area contributed by atoms with E-state index in [0.717, 1.165) is 45.0 Å². The van der Waals surface area contributed by atoms with Crippen LogP contribution in [-0.2, 0) is 6.42 Å². The van der Waals surface area contributed by atoms with Gasteiger partial charge in [-0.05, 0) is 49.1 Å². The molecule has 1 aromatic heterocycles. The van der Waals surface area contributed by atoms with Gasteiger partial charge in [-0.2, -0.15) is 10.1 Å². The van der Waals surface area contributed by atoms with Gasteiger partial charge in [0.15, 0.2) is 5.82 Å². The van der Waals surface area contributed by atoms with Crippen molar-refractivity contribution >= 4 is 23.1 Å². The standard InChI is InChI=1S/C23H26N6/c1-17-6-5-9-20(18(17)2)27-12-14-28(15-13-27)22-16-24-26-23(25-22)29-11-10-19-7-3-4-8-21(19)29/h3-9,16H,10-15H2,1-2H3. The van der Waals surface area contributed by atoms with Gasteiger partial charge >= 0.3 is 0 Å². The van der Waals surface area contributed by atoms with Crippen LogP contribution in [0.2, 0.25) is 0 Å². The Morgan fingerprint density at radius 2 is 1.55 bits per heavy atom. The van der Waals surface area contributed by atoms with Crippen molar-refractivity contribution in [3.05, 3.63) is 65.4 Å². The Hall–Kier alpha value is -3.15. The van der Waals surface area contributed by atoms with E-state index >= 15 is 0 Å². The van der Waals surface area contributed by atoms with E-state index in [1.807, 2.05) is 0 Å². The molecular weight excluding hydrogens is 360 g/mol. The number of benzene rings is 2. The summed E-state index contributed by atoms with van der Waals surface area (Å²) in [5.41, 5.74) is 6.62. The van der Waals surface area contributed by atoms with Crippen LogP contribution in [0, 0.1) is 13.8 Å². The summed E-state index contributed by atoms with van der Waals surface area (Å²) in [6.07, 6.45) is 2.82. The van der Waals surface area contributed by atoms with Crippen molar-refractivity contribution < 1.29 is 0 Å². The van der Waals surface area contributed by atoms with E-state index in [-0.39, 0.29) is 0 Å². The van der Waals surface area contributed by atoms with Gasteiger partial charge in [-0.15, -0.1) is 5.10 Å². The van der Waals surface area contributed by atoms with E-state index < -0.39 is 0 Å². The van der Waals surface area contributed by atoms with Crippen LogP contribution in [0.25, 0.3) is 0 Å². The zero-order valence-electron chi connectivity index (χ0n) is 17.0. The molecule has 6 nitrogen and oxygen atoms in total. The molecule has 0 aliphatic carbocycles. The summed E-state index contributed by atoms with van der Waals surface area (Å²) in [6.45, 7) is 9.13. The predicted octanol–water partition coefficient (Wildman–Crippen LogP) is 3.51. The molecule has 5 rings (SSSR count). The van der Waals surface area contributed by atoms with Crippen molar-refractivity contribution in [2.45, 2.75) is 20.3 Å². The van der Waals surface area contributed by atoms with Crippen LogP contribution >= 0.6 is 0 Å². The lowest BCUT2D eigenvalue weighted by Crippen LogP contribution is -2.47. The fourth-order valence-corrected chi connectivity index (χ4v) is 4.35. The van der Waals surface area contributed by atoms with Gasteiger partial charge < -0.3 is 14.7 Å². The molecule has 0 spiro atoms. The van der Waals surface area contributed by atoms with Gasteiger partial charge in [0.2, 0.25) is 0 Å². The van der Waals surface area contributed by atoms with Crippen molar-refractivity contribution in [3.8, 4) is 0 Å². The third-order valence-electron chi connectivity index (χ3n) is 6.18. The highest BCUT2D eigenvalue weighted by Gasteiger charge is 2.24. The van der Waals surface area contributed by atoms with Gasteiger partial charge in [0.25, 0.3) is 5.95 Å². The zero-order chi connectivity index (χ0) is 19.8. The number of hydrogen-bond donors (Lipinski definition) is 0. The minimum Gasteiger partial charge on any atom is -0.368 e. The van der Waals surface area contributed by atoms with Gasteiger partial charge in [-0.25, -0.2) is 0 Å². The average molecular weight is 387 g/mol. The molecule has 2 aromatic carbocycles. The molecular formula is C23H26N6. The highest BCUT2D eigenvalue weighted by atomic mass is 15.4. The van der Waals surface area contributed by atoms with E-state index in [9.17, 15) is 0 Å². The maximum atomic E-state index is 4.87. The van der Waals surface area contributed by atoms with E-state index in [1.54, 1.807) is 6.20 Å². The summed E-state index contributed by atoms with van der Waals surface area (Å²) in [4.78, 5) is 11.8. The van der Waals surface area contributed by atoms with E-state index in [0.29, 0.717) is 5.95 Å². The Labute approximate surface area is 171 Å². The highest BCUT2D eigenvalue weighted by Crippen LogP contribution is 2.32. The van der Waals surface area contributed by atoms with Crippen LogP contribution in [0.5, 0.6) is 0 Å². The fourth-order valence-electron chi connectivity index (χ4n) is 4.35.